The number of morpholine rings is 2. The molecule has 0 aliphatic carbocycles. The van der Waals surface area contributed by atoms with Gasteiger partial charge in [0.05, 0.1) is 132 Å². The van der Waals surface area contributed by atoms with Gasteiger partial charge in [-0.2, -0.15) is 0 Å². The number of rotatable bonds is 24. The van der Waals surface area contributed by atoms with Crippen molar-refractivity contribution in [2.24, 2.45) is 0 Å². The van der Waals surface area contributed by atoms with Crippen molar-refractivity contribution in [3.05, 3.63) is 164 Å². The van der Waals surface area contributed by atoms with E-state index in [-0.39, 0.29) is 16.7 Å². The molecule has 0 saturated carbocycles. The summed E-state index contributed by atoms with van der Waals surface area (Å²) in [5, 5.41) is 19.8. The van der Waals surface area contributed by atoms with Gasteiger partial charge in [0, 0.05) is 98.2 Å². The van der Waals surface area contributed by atoms with Crippen LogP contribution in [0.5, 0.6) is 46.0 Å². The number of ether oxygens (including phenoxy) is 10. The van der Waals surface area contributed by atoms with Crippen LogP contribution in [0.1, 0.15) is 59.4 Å². The zero-order valence-electron chi connectivity index (χ0n) is 67.5. The van der Waals surface area contributed by atoms with Crippen molar-refractivity contribution in [1.29, 1.82) is 0 Å². The maximum absolute atomic E-state index is 13.6. The Kier molecular flexibility index (Phi) is 25.6. The molecule has 12 aromatic rings. The second kappa shape index (κ2) is 37.4. The fraction of sp³-hybridized carbons (Fsp3) is 0.286. The summed E-state index contributed by atoms with van der Waals surface area (Å²) in [5.41, 5.74) is 6.57. The minimum atomic E-state index is -0.524. The number of hydrogen-bond donors (Lipinski definition) is 6. The number of amides is 9. The molecule has 34 nitrogen and oxygen atoms in total. The molecule has 18 rings (SSSR count). The van der Waals surface area contributed by atoms with Gasteiger partial charge in [-0.15, -0.1) is 34.0 Å². The number of urea groups is 3. The molecule has 6 aliphatic heterocycles. The number of likely N-dealkylation sites (tertiary alicyclic amines) is 1. The quantitative estimate of drug-likeness (QED) is 0.0327. The maximum atomic E-state index is 13.6. The molecule has 6 N–H and O–H groups in total. The molecular weight excluding hydrogens is 1680 g/mol. The third-order valence-electron chi connectivity index (χ3n) is 20.9. The summed E-state index contributed by atoms with van der Waals surface area (Å²) in [7, 11) is 10.5. The van der Waals surface area contributed by atoms with E-state index in [0.717, 1.165) is 102 Å². The Bertz CT molecular complexity index is 5980. The first kappa shape index (κ1) is 84.1. The topological polar surface area (TPSA) is 364 Å². The fourth-order valence-corrected chi connectivity index (χ4v) is 18.4. The minimum absolute atomic E-state index is 0.273. The van der Waals surface area contributed by atoms with Gasteiger partial charge in [-0.3, -0.25) is 29.1 Å². The van der Waals surface area contributed by atoms with E-state index in [4.69, 9.17) is 70.6 Å². The molecule has 3 fully saturated rings. The highest BCUT2D eigenvalue weighted by Gasteiger charge is 2.39. The average molecular weight is 1770 g/mol. The van der Waals surface area contributed by atoms with E-state index >= 15 is 0 Å². The number of nitrogens with one attached hydrogen (secondary N) is 6. The van der Waals surface area contributed by atoms with Crippen LogP contribution in [-0.4, -0.2) is 209 Å². The number of aromatic nitrogens is 6. The van der Waals surface area contributed by atoms with E-state index in [1.807, 2.05) is 48.5 Å². The number of benzene rings is 6. The molecule has 12 heterocycles. The Balaban J connectivity index is 0.000000137. The summed E-state index contributed by atoms with van der Waals surface area (Å²) in [6.07, 6.45) is 7.89. The molecule has 0 atom stereocenters. The molecule has 9 amide bonds. The second-order valence-electron chi connectivity index (χ2n) is 28.4. The summed E-state index contributed by atoms with van der Waals surface area (Å²) < 4.78 is 55.0. The van der Waals surface area contributed by atoms with E-state index in [0.29, 0.717) is 172 Å². The number of carbonyl (C=O) groups is 6. The fourth-order valence-electron chi connectivity index (χ4n) is 15.0. The highest BCUT2D eigenvalue weighted by molar-refractivity contribution is 7.22. The van der Waals surface area contributed by atoms with E-state index < -0.39 is 24.0 Å². The molecule has 6 aromatic heterocycles. The lowest BCUT2D eigenvalue weighted by Crippen LogP contribution is -2.38. The van der Waals surface area contributed by atoms with Gasteiger partial charge >= 0.3 is 18.1 Å². The number of thiophene rings is 3. The third-order valence-corrected chi connectivity index (χ3v) is 24.7. The monoisotopic (exact) mass is 1760 g/mol. The van der Waals surface area contributed by atoms with Crippen LogP contribution in [0.3, 0.4) is 0 Å². The van der Waals surface area contributed by atoms with Crippen molar-refractivity contribution in [2.75, 3.05) is 175 Å². The van der Waals surface area contributed by atoms with Crippen molar-refractivity contribution < 1.29 is 76.1 Å². The number of carbonyl (C=O) groups excluding carboxylic acids is 6. The Morgan fingerprint density at radius 2 is 0.813 bits per heavy atom. The zero-order chi connectivity index (χ0) is 85.5. The predicted molar refractivity (Wildman–Crippen MR) is 472 cm³/mol. The Morgan fingerprint density at radius 1 is 0.423 bits per heavy atom. The summed E-state index contributed by atoms with van der Waals surface area (Å²) in [6.45, 7) is 11.8. The van der Waals surface area contributed by atoms with Crippen molar-refractivity contribution in [3.63, 3.8) is 0 Å². The number of hydrogen-bond acceptors (Lipinski definition) is 28. The zero-order valence-corrected chi connectivity index (χ0v) is 71.5. The number of anilines is 12. The lowest BCUT2D eigenvalue weighted by atomic mass is 10.1. The van der Waals surface area contributed by atoms with E-state index in [1.165, 1.54) is 124 Å². The molecular formula is C84H82Cl2N18O16S3. The standard InChI is InChI=1S/C30H32N6O8S.C29H30N6O5S.C25H20Cl2N6O3S/c1-39-20-13-17(5-6-19(20)44-12-9-35-7-10-43-11-8-35)33-28(37)26-24-23-27(31-16-32-29(23)45-26)36(30(38)34-24)18-14-21(40-2)25(42-4)22(15-18)41-3;1-38-20-13-19(14-21(39-2)24(20)40-3)35-26-22-23(33-29(35)37)25(41-28(22)31-16-30-26)27(36)32-18-9-7-17(8-10-18)15-34-11-5-4-6-12-34;26-15-3-6-18(17(27)11-15)33-22-19-20(31-25(33)35)21(37-24(19)29-13-28-22)23(34)30-16-4-1-14(2-5-16)12-32-7-9-36-10-8-32/h5-6,13-16H,7-12H2,1-4H3,(H,33,37)(H,34,38);7-10,13-14,16H,4-6,11-12,15H2,1-3H3,(H,32,36)(H,33,37);1-6,11,13H,7-10,12H2,(H,30,34)(H,31,35). The summed E-state index contributed by atoms with van der Waals surface area (Å²) >= 11 is 15.9. The van der Waals surface area contributed by atoms with Crippen molar-refractivity contribution in [3.8, 4) is 46.0 Å². The highest BCUT2D eigenvalue weighted by atomic mass is 35.5. The SMILES string of the molecule is COc1cc(N2C(=O)Nc3c(C(=O)Nc4ccc(CN5CCCCC5)cc4)sc4ncnc2c34)cc(OC)c1OC.COc1cc(NC(=O)c2sc3ncnc4c3c2NC(=O)N4c2cc(OC)c(OC)c(OC)c2)ccc1OCCN1CCOCC1.O=C(Nc1ccc(CN2CCOCC2)cc1)c1sc2ncnc3c2c1NC(=O)N3c1ccc(Cl)cc1Cl. The Hall–Kier alpha value is -12.6. The van der Waals surface area contributed by atoms with Crippen LogP contribution in [0.2, 0.25) is 10.0 Å². The smallest absolute Gasteiger partial charge is 0.332 e. The van der Waals surface area contributed by atoms with E-state index in [9.17, 15) is 28.8 Å². The molecule has 0 spiro atoms. The molecule has 123 heavy (non-hydrogen) atoms. The second-order valence-corrected chi connectivity index (χ2v) is 32.2. The maximum Gasteiger partial charge on any atom is 0.332 e. The molecule has 636 valence electrons. The van der Waals surface area contributed by atoms with Crippen molar-refractivity contribution >= 4 is 192 Å². The van der Waals surface area contributed by atoms with E-state index in [1.54, 1.807) is 67.8 Å². The first-order chi connectivity index (χ1) is 59.9. The molecule has 39 heteroatoms. The van der Waals surface area contributed by atoms with Crippen LogP contribution >= 0.6 is 57.2 Å². The lowest BCUT2D eigenvalue weighted by Gasteiger charge is -2.28. The number of piperidine rings is 1. The predicted octanol–water partition coefficient (Wildman–Crippen LogP) is 15.8. The van der Waals surface area contributed by atoms with Crippen LogP contribution in [0.4, 0.5) is 83.0 Å². The molecule has 0 radical (unpaired) electrons. The summed E-state index contributed by atoms with van der Waals surface area (Å²) in [5.74, 6) is 3.23. The highest BCUT2D eigenvalue weighted by Crippen LogP contribution is 2.52. The van der Waals surface area contributed by atoms with Crippen LogP contribution in [0.25, 0.3) is 30.6 Å². The Labute approximate surface area is 726 Å². The van der Waals surface area contributed by atoms with Gasteiger partial charge < -0.3 is 79.3 Å². The van der Waals surface area contributed by atoms with Crippen LogP contribution < -0.4 is 84.5 Å². The van der Waals surface area contributed by atoms with Gasteiger partial charge in [-0.05, 0) is 91.7 Å². The minimum Gasteiger partial charge on any atom is -0.493 e. The first-order valence-electron chi connectivity index (χ1n) is 38.9. The summed E-state index contributed by atoms with van der Waals surface area (Å²) in [6, 6.07) is 30.8. The normalized spacial score (nSPS) is 15.0. The molecule has 6 aromatic carbocycles. The molecule has 0 unspecified atom stereocenters. The van der Waals surface area contributed by atoms with Crippen LogP contribution in [-0.2, 0) is 22.6 Å². The lowest BCUT2D eigenvalue weighted by molar-refractivity contribution is 0.0321. The number of nitrogens with zero attached hydrogens (tertiary/aromatic N) is 12. The largest absolute Gasteiger partial charge is 0.493 e. The number of methoxy groups -OCH3 is 7. The van der Waals surface area contributed by atoms with Gasteiger partial charge in [-0.1, -0.05) is 53.9 Å². The van der Waals surface area contributed by atoms with Gasteiger partial charge in [-0.25, -0.2) is 59.0 Å². The van der Waals surface area contributed by atoms with Crippen LogP contribution in [0.15, 0.2) is 128 Å². The van der Waals surface area contributed by atoms with Crippen LogP contribution in [0, 0.1) is 0 Å². The van der Waals surface area contributed by atoms with Crippen molar-refractivity contribution in [1.82, 2.24) is 44.6 Å². The first-order valence-corrected chi connectivity index (χ1v) is 42.1. The van der Waals surface area contributed by atoms with E-state index in [2.05, 4.69) is 76.5 Å². The molecule has 0 bridgehead atoms. The average Bonchev–Trinajstić information content (AvgIpc) is 1.62. The Morgan fingerprint density at radius 3 is 1.23 bits per heavy atom. The summed E-state index contributed by atoms with van der Waals surface area (Å²) in [4.78, 5) is 121. The van der Waals surface area contributed by atoms with Crippen molar-refractivity contribution in [2.45, 2.75) is 32.4 Å². The molecule has 3 saturated heterocycles. The molecule has 6 aliphatic rings. The number of halogens is 2. The van der Waals surface area contributed by atoms with Gasteiger partial charge in [0.2, 0.25) is 11.5 Å². The van der Waals surface area contributed by atoms with Gasteiger partial charge in [0.15, 0.2) is 52.0 Å². The van der Waals surface area contributed by atoms with Gasteiger partial charge in [0.25, 0.3) is 17.7 Å². The third kappa shape index (κ3) is 17.7. The van der Waals surface area contributed by atoms with Gasteiger partial charge in [0.1, 0.15) is 54.7 Å².